The number of hydrogen-bond donors (Lipinski definition) is 0. The fourth-order valence-corrected chi connectivity index (χ4v) is 2.87. The van der Waals surface area contributed by atoms with Gasteiger partial charge in [-0.1, -0.05) is 0 Å². The monoisotopic (exact) mass is 302 g/mol. The molecule has 1 saturated heterocycles. The highest BCUT2D eigenvalue weighted by Gasteiger charge is 2.22. The maximum atomic E-state index is 12.3. The Bertz CT molecular complexity index is 605. The van der Waals surface area contributed by atoms with Gasteiger partial charge in [-0.15, -0.1) is 0 Å². The molecular weight excluding hydrogens is 280 g/mol. The molecule has 0 aromatic carbocycles. The van der Waals surface area contributed by atoms with Gasteiger partial charge in [-0.2, -0.15) is 0 Å². The Kier molecular flexibility index (Phi) is 4.58. The molecule has 0 N–H and O–H groups in total. The second-order valence-corrected chi connectivity index (χ2v) is 5.53. The molecule has 6 nitrogen and oxygen atoms in total. The zero-order valence-electron chi connectivity index (χ0n) is 12.9. The summed E-state index contributed by atoms with van der Waals surface area (Å²) in [5.74, 6) is 1.50. The number of aromatic nitrogens is 2. The van der Waals surface area contributed by atoms with Crippen molar-refractivity contribution in [3.8, 4) is 0 Å². The molecule has 1 aliphatic rings. The first-order valence-corrected chi connectivity index (χ1v) is 7.83. The highest BCUT2D eigenvalue weighted by Crippen LogP contribution is 2.12. The molecule has 0 atom stereocenters. The van der Waals surface area contributed by atoms with Crippen molar-refractivity contribution in [2.45, 2.75) is 26.4 Å². The summed E-state index contributed by atoms with van der Waals surface area (Å²) in [7, 11) is 0. The first-order chi connectivity index (χ1) is 10.8. The van der Waals surface area contributed by atoms with Crippen molar-refractivity contribution in [2.75, 3.05) is 26.2 Å². The van der Waals surface area contributed by atoms with Crippen molar-refractivity contribution in [3.63, 3.8) is 0 Å². The summed E-state index contributed by atoms with van der Waals surface area (Å²) in [5.41, 5.74) is 0. The Balaban J connectivity index is 1.59. The van der Waals surface area contributed by atoms with Crippen LogP contribution < -0.4 is 0 Å². The van der Waals surface area contributed by atoms with Gasteiger partial charge in [-0.25, -0.2) is 4.98 Å². The van der Waals surface area contributed by atoms with Crippen molar-refractivity contribution >= 4 is 5.91 Å². The molecule has 3 heterocycles. The van der Waals surface area contributed by atoms with Gasteiger partial charge < -0.3 is 13.9 Å². The lowest BCUT2D eigenvalue weighted by atomic mass is 10.3. The molecule has 0 spiro atoms. The predicted molar refractivity (Wildman–Crippen MR) is 82.4 cm³/mol. The Labute approximate surface area is 130 Å². The minimum atomic E-state index is -0.0121. The Hall–Kier alpha value is -2.08. The van der Waals surface area contributed by atoms with Crippen molar-refractivity contribution in [1.29, 1.82) is 0 Å². The van der Waals surface area contributed by atoms with Crippen LogP contribution >= 0.6 is 0 Å². The molecule has 2 aromatic rings. The van der Waals surface area contributed by atoms with E-state index in [1.165, 1.54) is 0 Å². The van der Waals surface area contributed by atoms with Crippen LogP contribution in [-0.4, -0.2) is 51.4 Å². The molecule has 1 fully saturated rings. The van der Waals surface area contributed by atoms with Crippen LogP contribution in [0.5, 0.6) is 0 Å². The van der Waals surface area contributed by atoms with Gasteiger partial charge >= 0.3 is 0 Å². The molecule has 2 aromatic heterocycles. The van der Waals surface area contributed by atoms with Crippen molar-refractivity contribution < 1.29 is 9.21 Å². The molecule has 1 aliphatic heterocycles. The lowest BCUT2D eigenvalue weighted by Gasteiger charge is -2.21. The molecular formula is C16H22N4O2. The van der Waals surface area contributed by atoms with Crippen LogP contribution in [0.15, 0.2) is 35.2 Å². The number of hydrogen-bond acceptors (Lipinski definition) is 4. The van der Waals surface area contributed by atoms with Gasteiger partial charge in [-0.05, 0) is 25.5 Å². The Morgan fingerprint density at radius 1 is 1.32 bits per heavy atom. The molecule has 0 bridgehead atoms. The van der Waals surface area contributed by atoms with E-state index < -0.39 is 0 Å². The number of carbonyl (C=O) groups is 1. The fraction of sp³-hybridized carbons (Fsp3) is 0.500. The summed E-state index contributed by atoms with van der Waals surface area (Å²) < 4.78 is 7.38. The molecule has 118 valence electrons. The quantitative estimate of drug-likeness (QED) is 0.865. The van der Waals surface area contributed by atoms with E-state index in [0.717, 1.165) is 51.5 Å². The molecule has 0 radical (unpaired) electrons. The third-order valence-electron chi connectivity index (χ3n) is 4.12. The van der Waals surface area contributed by atoms with E-state index in [0.29, 0.717) is 5.76 Å². The smallest absolute Gasteiger partial charge is 0.289 e. The normalized spacial score (nSPS) is 16.7. The van der Waals surface area contributed by atoms with E-state index in [1.807, 2.05) is 17.3 Å². The third kappa shape index (κ3) is 3.22. The molecule has 22 heavy (non-hydrogen) atoms. The van der Waals surface area contributed by atoms with Crippen molar-refractivity contribution in [3.05, 3.63) is 42.4 Å². The van der Waals surface area contributed by atoms with Gasteiger partial charge in [0.15, 0.2) is 5.76 Å². The fourth-order valence-electron chi connectivity index (χ4n) is 2.87. The zero-order chi connectivity index (χ0) is 15.4. The van der Waals surface area contributed by atoms with Gasteiger partial charge in [0.1, 0.15) is 5.82 Å². The van der Waals surface area contributed by atoms with Crippen LogP contribution in [0.2, 0.25) is 0 Å². The van der Waals surface area contributed by atoms with Gasteiger partial charge in [0.05, 0.1) is 12.8 Å². The topological polar surface area (TPSA) is 54.5 Å². The molecule has 0 unspecified atom stereocenters. The van der Waals surface area contributed by atoms with Crippen LogP contribution in [0.25, 0.3) is 0 Å². The summed E-state index contributed by atoms with van der Waals surface area (Å²) in [6.07, 6.45) is 6.38. The lowest BCUT2D eigenvalue weighted by molar-refractivity contribution is 0.0729. The zero-order valence-corrected chi connectivity index (χ0v) is 12.9. The van der Waals surface area contributed by atoms with Gasteiger partial charge in [0, 0.05) is 45.1 Å². The van der Waals surface area contributed by atoms with Crippen LogP contribution in [0.1, 0.15) is 29.7 Å². The highest BCUT2D eigenvalue weighted by atomic mass is 16.3. The van der Waals surface area contributed by atoms with Crippen LogP contribution in [0, 0.1) is 0 Å². The van der Waals surface area contributed by atoms with Gasteiger partial charge in [0.25, 0.3) is 5.91 Å². The van der Waals surface area contributed by atoms with E-state index in [4.69, 9.17) is 4.42 Å². The average molecular weight is 302 g/mol. The summed E-state index contributed by atoms with van der Waals surface area (Å²) in [5, 5.41) is 0. The third-order valence-corrected chi connectivity index (χ3v) is 4.12. The van der Waals surface area contributed by atoms with E-state index in [1.54, 1.807) is 18.4 Å². The van der Waals surface area contributed by atoms with E-state index in [9.17, 15) is 4.79 Å². The number of aryl methyl sites for hydroxylation is 1. The number of carbonyl (C=O) groups excluding carboxylic acids is 1. The standard InChI is InChI=1S/C16H22N4O2/c1-2-19-9-6-17-15(19)13-18-7-4-8-20(11-10-18)16(21)14-5-3-12-22-14/h3,5-6,9,12H,2,4,7-8,10-11,13H2,1H3. The van der Waals surface area contributed by atoms with Gasteiger partial charge in [-0.3, -0.25) is 9.69 Å². The highest BCUT2D eigenvalue weighted by molar-refractivity contribution is 5.91. The maximum Gasteiger partial charge on any atom is 0.289 e. The minimum Gasteiger partial charge on any atom is -0.459 e. The summed E-state index contributed by atoms with van der Waals surface area (Å²) in [6, 6.07) is 3.48. The molecule has 6 heteroatoms. The Morgan fingerprint density at radius 2 is 2.23 bits per heavy atom. The number of imidazole rings is 1. The Morgan fingerprint density at radius 3 is 3.00 bits per heavy atom. The first kappa shape index (κ1) is 14.8. The molecule has 0 saturated carbocycles. The molecule has 1 amide bonds. The van der Waals surface area contributed by atoms with Crippen LogP contribution in [0.4, 0.5) is 0 Å². The number of furan rings is 1. The van der Waals surface area contributed by atoms with Crippen LogP contribution in [0.3, 0.4) is 0 Å². The lowest BCUT2D eigenvalue weighted by Crippen LogP contribution is -2.35. The number of nitrogens with zero attached hydrogens (tertiary/aromatic N) is 4. The maximum absolute atomic E-state index is 12.3. The first-order valence-electron chi connectivity index (χ1n) is 7.83. The number of rotatable bonds is 4. The predicted octanol–water partition coefficient (Wildman–Crippen LogP) is 1.84. The van der Waals surface area contributed by atoms with E-state index in [-0.39, 0.29) is 5.91 Å². The van der Waals surface area contributed by atoms with E-state index >= 15 is 0 Å². The van der Waals surface area contributed by atoms with E-state index in [2.05, 4.69) is 21.4 Å². The molecule has 3 rings (SSSR count). The second-order valence-electron chi connectivity index (χ2n) is 5.53. The SMILES string of the molecule is CCn1ccnc1CN1CCCN(C(=O)c2ccco2)CC1. The summed E-state index contributed by atoms with van der Waals surface area (Å²) in [6.45, 7) is 7.25. The number of amides is 1. The summed E-state index contributed by atoms with van der Waals surface area (Å²) in [4.78, 5) is 21.0. The van der Waals surface area contributed by atoms with Crippen molar-refractivity contribution in [1.82, 2.24) is 19.4 Å². The van der Waals surface area contributed by atoms with Crippen molar-refractivity contribution in [2.24, 2.45) is 0 Å². The molecule has 0 aliphatic carbocycles. The van der Waals surface area contributed by atoms with Crippen LogP contribution in [-0.2, 0) is 13.1 Å². The second kappa shape index (κ2) is 6.79. The minimum absolute atomic E-state index is 0.0121. The van der Waals surface area contributed by atoms with Gasteiger partial charge in [0.2, 0.25) is 0 Å². The largest absolute Gasteiger partial charge is 0.459 e. The average Bonchev–Trinajstić information content (AvgIpc) is 3.15. The summed E-state index contributed by atoms with van der Waals surface area (Å²) >= 11 is 0.